The number of nitrogens with zero attached hydrogens (tertiary/aromatic N) is 2. The Balaban J connectivity index is 2.02. The third kappa shape index (κ3) is 3.78. The summed E-state index contributed by atoms with van der Waals surface area (Å²) in [6, 6.07) is 15.0. The lowest BCUT2D eigenvalue weighted by atomic mass is 10.0. The van der Waals surface area contributed by atoms with Crippen molar-refractivity contribution in [2.24, 2.45) is 0 Å². The van der Waals surface area contributed by atoms with Gasteiger partial charge < -0.3 is 0 Å². The van der Waals surface area contributed by atoms with Gasteiger partial charge in [-0.3, -0.25) is 4.68 Å². The molecule has 3 aromatic rings. The van der Waals surface area contributed by atoms with Crippen LogP contribution in [0.5, 0.6) is 0 Å². The van der Waals surface area contributed by atoms with Gasteiger partial charge in [0.1, 0.15) is 0 Å². The van der Waals surface area contributed by atoms with Gasteiger partial charge in [-0.25, -0.2) is 0 Å². The molecule has 0 amide bonds. The van der Waals surface area contributed by atoms with E-state index in [2.05, 4.69) is 5.10 Å². The third-order valence-electron chi connectivity index (χ3n) is 4.31. The van der Waals surface area contributed by atoms with Crippen molar-refractivity contribution in [1.29, 1.82) is 0 Å². The summed E-state index contributed by atoms with van der Waals surface area (Å²) in [5.74, 6) is 0.295. The van der Waals surface area contributed by atoms with Gasteiger partial charge in [-0.1, -0.05) is 49.4 Å². The molecule has 0 N–H and O–H groups in total. The van der Waals surface area contributed by atoms with Gasteiger partial charge in [0.2, 0.25) is 0 Å². The maximum atomic E-state index is 12.8. The third-order valence-corrected chi connectivity index (χ3v) is 4.56. The molecule has 136 valence electrons. The summed E-state index contributed by atoms with van der Waals surface area (Å²) < 4.78 is 40.2. The number of hydrogen-bond acceptors (Lipinski definition) is 1. The molecule has 0 aliphatic heterocycles. The minimum atomic E-state index is -4.35. The van der Waals surface area contributed by atoms with Gasteiger partial charge in [-0.15, -0.1) is 11.6 Å². The first-order chi connectivity index (χ1) is 12.4. The maximum absolute atomic E-state index is 12.8. The molecular weight excluding hydrogens is 361 g/mol. The van der Waals surface area contributed by atoms with Gasteiger partial charge in [0.15, 0.2) is 0 Å². The summed E-state index contributed by atoms with van der Waals surface area (Å²) in [5, 5.41) is 4.66. The highest BCUT2D eigenvalue weighted by Crippen LogP contribution is 2.32. The molecule has 0 spiro atoms. The van der Waals surface area contributed by atoms with Gasteiger partial charge in [-0.05, 0) is 24.1 Å². The molecular formula is C20H18ClF3N2. The van der Waals surface area contributed by atoms with Crippen molar-refractivity contribution >= 4 is 11.6 Å². The average molecular weight is 379 g/mol. The van der Waals surface area contributed by atoms with E-state index < -0.39 is 11.7 Å². The Hall–Kier alpha value is -2.27. The monoisotopic (exact) mass is 378 g/mol. The van der Waals surface area contributed by atoms with Gasteiger partial charge in [0.25, 0.3) is 0 Å². The molecule has 0 atom stereocenters. The number of halogens is 4. The Bertz CT molecular complexity index is 869. The highest BCUT2D eigenvalue weighted by Gasteiger charge is 2.30. The molecule has 0 saturated heterocycles. The highest BCUT2D eigenvalue weighted by molar-refractivity contribution is 6.17. The predicted octanol–water partition coefficient (Wildman–Crippen LogP) is 5.92. The standard InChI is InChI=1S/C20H18ClF3N2/c1-2-17-18(12-21)26(13-14-6-4-3-5-7-14)25-19(17)15-8-10-16(11-9-15)20(22,23)24/h3-11H,2,12-13H2,1H3. The van der Waals surface area contributed by atoms with E-state index in [0.717, 1.165) is 29.0 Å². The molecule has 0 bridgehead atoms. The molecule has 0 aliphatic rings. The highest BCUT2D eigenvalue weighted by atomic mass is 35.5. The van der Waals surface area contributed by atoms with E-state index in [-0.39, 0.29) is 0 Å². The first kappa shape index (κ1) is 18.5. The van der Waals surface area contributed by atoms with Crippen LogP contribution >= 0.6 is 11.6 Å². The summed E-state index contributed by atoms with van der Waals surface area (Å²) >= 11 is 6.16. The predicted molar refractivity (Wildman–Crippen MR) is 97.1 cm³/mol. The Morgan fingerprint density at radius 3 is 2.19 bits per heavy atom. The van der Waals surface area contributed by atoms with Crippen LogP contribution in [0.25, 0.3) is 11.3 Å². The number of rotatable bonds is 5. The van der Waals surface area contributed by atoms with Crippen LogP contribution in [0.15, 0.2) is 54.6 Å². The van der Waals surface area contributed by atoms with Crippen molar-refractivity contribution in [3.05, 3.63) is 77.0 Å². The summed E-state index contributed by atoms with van der Waals surface area (Å²) in [6.07, 6.45) is -3.65. The molecule has 2 nitrogen and oxygen atoms in total. The first-order valence-corrected chi connectivity index (χ1v) is 8.83. The Morgan fingerprint density at radius 1 is 1.00 bits per heavy atom. The van der Waals surface area contributed by atoms with Crippen LogP contribution in [0.2, 0.25) is 0 Å². The SMILES string of the molecule is CCc1c(-c2ccc(C(F)(F)F)cc2)nn(Cc2ccccc2)c1CCl. The van der Waals surface area contributed by atoms with Crippen LogP contribution in [0.1, 0.15) is 29.3 Å². The fraction of sp³-hybridized carbons (Fsp3) is 0.250. The van der Waals surface area contributed by atoms with Crippen molar-refractivity contribution in [2.75, 3.05) is 0 Å². The van der Waals surface area contributed by atoms with Crippen LogP contribution in [0, 0.1) is 0 Å². The quantitative estimate of drug-likeness (QED) is 0.504. The lowest BCUT2D eigenvalue weighted by Gasteiger charge is -2.07. The lowest BCUT2D eigenvalue weighted by Crippen LogP contribution is -2.06. The Kier molecular flexibility index (Phi) is 5.37. The van der Waals surface area contributed by atoms with Crippen LogP contribution in [0.4, 0.5) is 13.2 Å². The van der Waals surface area contributed by atoms with E-state index >= 15 is 0 Å². The second-order valence-electron chi connectivity index (χ2n) is 5.98. The normalized spacial score (nSPS) is 11.7. The van der Waals surface area contributed by atoms with Crippen molar-refractivity contribution in [3.63, 3.8) is 0 Å². The largest absolute Gasteiger partial charge is 0.416 e. The van der Waals surface area contributed by atoms with Gasteiger partial charge >= 0.3 is 6.18 Å². The van der Waals surface area contributed by atoms with E-state index in [1.807, 2.05) is 41.9 Å². The van der Waals surface area contributed by atoms with E-state index in [4.69, 9.17) is 11.6 Å². The van der Waals surface area contributed by atoms with Crippen molar-refractivity contribution < 1.29 is 13.2 Å². The van der Waals surface area contributed by atoms with Crippen LogP contribution in [0.3, 0.4) is 0 Å². The molecule has 0 radical (unpaired) electrons. The smallest absolute Gasteiger partial charge is 0.263 e. The molecule has 26 heavy (non-hydrogen) atoms. The maximum Gasteiger partial charge on any atom is 0.416 e. The average Bonchev–Trinajstić information content (AvgIpc) is 2.99. The summed E-state index contributed by atoms with van der Waals surface area (Å²) in [6.45, 7) is 2.56. The van der Waals surface area contributed by atoms with Crippen LogP contribution in [-0.2, 0) is 25.0 Å². The summed E-state index contributed by atoms with van der Waals surface area (Å²) in [5.41, 5.74) is 3.63. The molecule has 0 unspecified atom stereocenters. The minimum Gasteiger partial charge on any atom is -0.263 e. The summed E-state index contributed by atoms with van der Waals surface area (Å²) in [7, 11) is 0. The second-order valence-corrected chi connectivity index (χ2v) is 6.25. The minimum absolute atomic E-state index is 0.295. The zero-order valence-corrected chi connectivity index (χ0v) is 15.0. The van der Waals surface area contributed by atoms with Crippen LogP contribution < -0.4 is 0 Å². The first-order valence-electron chi connectivity index (χ1n) is 8.30. The van der Waals surface area contributed by atoms with Crippen molar-refractivity contribution in [3.8, 4) is 11.3 Å². The molecule has 1 heterocycles. The number of hydrogen-bond donors (Lipinski definition) is 0. The lowest BCUT2D eigenvalue weighted by molar-refractivity contribution is -0.137. The molecule has 3 rings (SSSR count). The molecule has 0 saturated carbocycles. The van der Waals surface area contributed by atoms with Crippen molar-refractivity contribution in [2.45, 2.75) is 31.9 Å². The van der Waals surface area contributed by atoms with E-state index in [1.54, 1.807) is 0 Å². The molecule has 2 aromatic carbocycles. The molecule has 0 fully saturated rings. The van der Waals surface area contributed by atoms with Gasteiger partial charge in [0.05, 0.1) is 29.4 Å². The van der Waals surface area contributed by atoms with Crippen molar-refractivity contribution in [1.82, 2.24) is 9.78 Å². The Labute approximate surface area is 155 Å². The molecule has 0 aliphatic carbocycles. The Morgan fingerprint density at radius 2 is 1.65 bits per heavy atom. The zero-order valence-electron chi connectivity index (χ0n) is 14.2. The van der Waals surface area contributed by atoms with Gasteiger partial charge in [0, 0.05) is 11.1 Å². The van der Waals surface area contributed by atoms with Crippen LogP contribution in [-0.4, -0.2) is 9.78 Å². The van der Waals surface area contributed by atoms with E-state index in [9.17, 15) is 13.2 Å². The zero-order chi connectivity index (χ0) is 18.7. The summed E-state index contributed by atoms with van der Waals surface area (Å²) in [4.78, 5) is 0. The number of benzene rings is 2. The second kappa shape index (κ2) is 7.54. The fourth-order valence-electron chi connectivity index (χ4n) is 2.99. The fourth-order valence-corrected chi connectivity index (χ4v) is 3.29. The number of alkyl halides is 4. The van der Waals surface area contributed by atoms with E-state index in [0.29, 0.717) is 30.1 Å². The van der Waals surface area contributed by atoms with E-state index in [1.165, 1.54) is 12.1 Å². The van der Waals surface area contributed by atoms with Gasteiger partial charge in [-0.2, -0.15) is 18.3 Å². The molecule has 6 heteroatoms. The number of aromatic nitrogens is 2. The molecule has 1 aromatic heterocycles. The topological polar surface area (TPSA) is 17.8 Å².